The molecule has 1 aliphatic rings. The third-order valence-electron chi connectivity index (χ3n) is 5.07. The molecular formula is C21H20N4O5S. The maximum Gasteiger partial charge on any atom is 0.308 e. The van der Waals surface area contributed by atoms with Gasteiger partial charge in [0.1, 0.15) is 5.00 Å². The monoisotopic (exact) mass is 440 g/mol. The molecule has 0 atom stereocenters. The zero-order valence-corrected chi connectivity index (χ0v) is 17.4. The number of carbonyl (C=O) groups is 3. The fourth-order valence-corrected chi connectivity index (χ4v) is 4.92. The molecule has 0 spiro atoms. The van der Waals surface area contributed by atoms with E-state index in [1.807, 2.05) is 0 Å². The number of amides is 2. The van der Waals surface area contributed by atoms with Crippen molar-refractivity contribution in [3.8, 4) is 0 Å². The molecule has 2 aromatic heterocycles. The van der Waals surface area contributed by atoms with Gasteiger partial charge in [-0.1, -0.05) is 12.1 Å². The van der Waals surface area contributed by atoms with Crippen LogP contribution in [0.2, 0.25) is 0 Å². The smallest absolute Gasteiger partial charge is 0.308 e. The molecule has 0 saturated heterocycles. The number of aryl methyl sites for hydroxylation is 2. The Morgan fingerprint density at radius 2 is 2.03 bits per heavy atom. The van der Waals surface area contributed by atoms with Gasteiger partial charge in [-0.2, -0.15) is 0 Å². The van der Waals surface area contributed by atoms with E-state index in [9.17, 15) is 19.2 Å². The van der Waals surface area contributed by atoms with Gasteiger partial charge in [0.2, 0.25) is 0 Å². The van der Waals surface area contributed by atoms with E-state index in [1.165, 1.54) is 22.2 Å². The largest absolute Gasteiger partial charge is 0.456 e. The number of primary amides is 1. The molecule has 4 rings (SSSR count). The summed E-state index contributed by atoms with van der Waals surface area (Å²) in [6.07, 6.45) is 3.87. The first-order chi connectivity index (χ1) is 14.9. The van der Waals surface area contributed by atoms with Crippen LogP contribution in [0.3, 0.4) is 0 Å². The summed E-state index contributed by atoms with van der Waals surface area (Å²) in [5, 5.41) is 3.48. The number of para-hydroxylation sites is 1. The molecule has 0 bridgehead atoms. The Bertz CT molecular complexity index is 1250. The predicted molar refractivity (Wildman–Crippen MR) is 115 cm³/mol. The molecule has 3 N–H and O–H groups in total. The van der Waals surface area contributed by atoms with Crippen LogP contribution in [0.4, 0.5) is 5.00 Å². The van der Waals surface area contributed by atoms with Crippen LogP contribution in [0.15, 0.2) is 35.4 Å². The van der Waals surface area contributed by atoms with E-state index < -0.39 is 24.4 Å². The highest BCUT2D eigenvalue weighted by Crippen LogP contribution is 2.38. The number of benzene rings is 1. The molecule has 3 aromatic rings. The van der Waals surface area contributed by atoms with Crippen LogP contribution < -0.4 is 16.6 Å². The highest BCUT2D eigenvalue weighted by atomic mass is 32.1. The molecule has 0 saturated carbocycles. The van der Waals surface area contributed by atoms with Gasteiger partial charge in [0.25, 0.3) is 17.4 Å². The molecule has 10 heteroatoms. The summed E-state index contributed by atoms with van der Waals surface area (Å²) >= 11 is 1.33. The van der Waals surface area contributed by atoms with Crippen molar-refractivity contribution in [3.05, 3.63) is 57.0 Å². The quantitative estimate of drug-likeness (QED) is 0.536. The van der Waals surface area contributed by atoms with Crippen LogP contribution in [0.5, 0.6) is 0 Å². The number of esters is 1. The Hall–Kier alpha value is -3.53. The van der Waals surface area contributed by atoms with Crippen molar-refractivity contribution >= 4 is 45.0 Å². The van der Waals surface area contributed by atoms with Gasteiger partial charge >= 0.3 is 5.97 Å². The van der Waals surface area contributed by atoms with E-state index in [1.54, 1.807) is 24.3 Å². The lowest BCUT2D eigenvalue weighted by atomic mass is 10.1. The van der Waals surface area contributed by atoms with Crippen LogP contribution in [0.25, 0.3) is 10.9 Å². The van der Waals surface area contributed by atoms with Gasteiger partial charge in [0, 0.05) is 11.4 Å². The number of fused-ring (bicyclic) bond motifs is 2. The molecule has 160 valence electrons. The highest BCUT2D eigenvalue weighted by Gasteiger charge is 2.26. The standard InChI is InChI=1S/C21H20N4O5S/c22-19(28)18-13-5-3-7-15(13)31-20(18)24-16(26)10-30-17(27)8-9-25-11-23-14-6-2-1-4-12(14)21(25)29/h1-2,4,6,11H,3,5,7-10H2,(H2,22,28)(H,24,26). The van der Waals surface area contributed by atoms with E-state index in [-0.39, 0.29) is 18.5 Å². The third-order valence-corrected chi connectivity index (χ3v) is 6.28. The minimum absolute atomic E-state index is 0.0839. The minimum Gasteiger partial charge on any atom is -0.456 e. The Balaban J connectivity index is 1.32. The van der Waals surface area contributed by atoms with Gasteiger partial charge in [-0.15, -0.1) is 11.3 Å². The lowest BCUT2D eigenvalue weighted by molar-refractivity contribution is -0.147. The number of nitrogens with two attached hydrogens (primary N) is 1. The topological polar surface area (TPSA) is 133 Å². The van der Waals surface area contributed by atoms with Gasteiger partial charge in [-0.05, 0) is 37.0 Å². The number of rotatable bonds is 7. The van der Waals surface area contributed by atoms with Crippen LogP contribution >= 0.6 is 11.3 Å². The minimum atomic E-state index is -0.626. The number of hydrogen-bond acceptors (Lipinski definition) is 7. The second kappa shape index (κ2) is 8.68. The van der Waals surface area contributed by atoms with Crippen LogP contribution in [-0.2, 0) is 33.7 Å². The molecule has 0 unspecified atom stereocenters. The number of carbonyl (C=O) groups excluding carboxylic acids is 3. The van der Waals surface area contributed by atoms with Crippen molar-refractivity contribution in [2.45, 2.75) is 32.2 Å². The van der Waals surface area contributed by atoms with E-state index in [0.717, 1.165) is 29.7 Å². The first-order valence-electron chi connectivity index (χ1n) is 9.78. The number of nitrogens with one attached hydrogen (secondary N) is 1. The second-order valence-corrected chi connectivity index (χ2v) is 8.25. The summed E-state index contributed by atoms with van der Waals surface area (Å²) in [4.78, 5) is 53.7. The fourth-order valence-electron chi connectivity index (χ4n) is 3.61. The summed E-state index contributed by atoms with van der Waals surface area (Å²) in [6, 6.07) is 6.94. The number of hydrogen-bond donors (Lipinski definition) is 2. The van der Waals surface area contributed by atoms with Crippen molar-refractivity contribution in [1.82, 2.24) is 9.55 Å². The maximum absolute atomic E-state index is 12.4. The SMILES string of the molecule is NC(=O)c1c(NC(=O)COC(=O)CCn2cnc3ccccc3c2=O)sc2c1CCC2. The van der Waals surface area contributed by atoms with Crippen molar-refractivity contribution < 1.29 is 19.1 Å². The average Bonchev–Trinajstić information content (AvgIpc) is 3.32. The molecule has 1 aliphatic carbocycles. The maximum atomic E-state index is 12.4. The lowest BCUT2D eigenvalue weighted by Gasteiger charge is -2.08. The summed E-state index contributed by atoms with van der Waals surface area (Å²) in [5.74, 6) is -1.76. The molecule has 31 heavy (non-hydrogen) atoms. The van der Waals surface area contributed by atoms with Crippen LogP contribution in [0, 0.1) is 0 Å². The van der Waals surface area contributed by atoms with E-state index >= 15 is 0 Å². The Morgan fingerprint density at radius 3 is 2.84 bits per heavy atom. The van der Waals surface area contributed by atoms with Crippen LogP contribution in [-0.4, -0.2) is 33.9 Å². The Labute approximate surface area is 180 Å². The van der Waals surface area contributed by atoms with Crippen LogP contribution in [0.1, 0.15) is 33.6 Å². The first kappa shape index (κ1) is 20.7. The predicted octanol–water partition coefficient (Wildman–Crippen LogP) is 1.62. The summed E-state index contributed by atoms with van der Waals surface area (Å²) < 4.78 is 6.33. The summed E-state index contributed by atoms with van der Waals surface area (Å²) in [7, 11) is 0. The highest BCUT2D eigenvalue weighted by molar-refractivity contribution is 7.17. The molecule has 2 heterocycles. The zero-order chi connectivity index (χ0) is 22.0. The Kier molecular flexibility index (Phi) is 5.81. The fraction of sp³-hybridized carbons (Fsp3) is 0.286. The molecular weight excluding hydrogens is 420 g/mol. The van der Waals surface area contributed by atoms with Crippen molar-refractivity contribution in [2.75, 3.05) is 11.9 Å². The van der Waals surface area contributed by atoms with Gasteiger partial charge < -0.3 is 15.8 Å². The number of anilines is 1. The summed E-state index contributed by atoms with van der Waals surface area (Å²) in [6.45, 7) is -0.412. The lowest BCUT2D eigenvalue weighted by Crippen LogP contribution is -2.25. The Morgan fingerprint density at radius 1 is 1.23 bits per heavy atom. The van der Waals surface area contributed by atoms with Gasteiger partial charge in [0.05, 0.1) is 29.2 Å². The number of ether oxygens (including phenoxy) is 1. The van der Waals surface area contributed by atoms with Crippen molar-refractivity contribution in [1.29, 1.82) is 0 Å². The molecule has 9 nitrogen and oxygen atoms in total. The number of aromatic nitrogens is 2. The van der Waals surface area contributed by atoms with Crippen molar-refractivity contribution in [2.24, 2.45) is 5.73 Å². The molecule has 1 aromatic carbocycles. The normalized spacial score (nSPS) is 12.5. The molecule has 0 aliphatic heterocycles. The zero-order valence-electron chi connectivity index (χ0n) is 16.6. The molecule has 0 fully saturated rings. The number of nitrogens with zero attached hydrogens (tertiary/aromatic N) is 2. The average molecular weight is 440 g/mol. The van der Waals surface area contributed by atoms with E-state index in [2.05, 4.69) is 10.3 Å². The molecule has 2 amide bonds. The summed E-state index contributed by atoms with van der Waals surface area (Å²) in [5.41, 5.74) is 7.05. The second-order valence-electron chi connectivity index (χ2n) is 7.14. The first-order valence-corrected chi connectivity index (χ1v) is 10.6. The van der Waals surface area contributed by atoms with E-state index in [4.69, 9.17) is 10.5 Å². The van der Waals surface area contributed by atoms with Gasteiger partial charge in [-0.3, -0.25) is 23.7 Å². The van der Waals surface area contributed by atoms with Crippen molar-refractivity contribution in [3.63, 3.8) is 0 Å². The third kappa shape index (κ3) is 4.33. The number of thiophene rings is 1. The van der Waals surface area contributed by atoms with Gasteiger partial charge in [-0.25, -0.2) is 4.98 Å². The van der Waals surface area contributed by atoms with Gasteiger partial charge in [0.15, 0.2) is 6.61 Å². The molecule has 0 radical (unpaired) electrons. The van der Waals surface area contributed by atoms with E-state index in [0.29, 0.717) is 21.5 Å².